The molecule has 0 unspecified atom stereocenters. The first-order valence-corrected chi connectivity index (χ1v) is 10.2. The van der Waals surface area contributed by atoms with E-state index in [2.05, 4.69) is 20.3 Å². The van der Waals surface area contributed by atoms with Crippen molar-refractivity contribution in [3.63, 3.8) is 0 Å². The van der Waals surface area contributed by atoms with E-state index in [0.29, 0.717) is 46.6 Å². The quantitative estimate of drug-likeness (QED) is 0.566. The van der Waals surface area contributed by atoms with Crippen LogP contribution in [0, 0.1) is 5.82 Å². The zero-order valence-corrected chi connectivity index (χ0v) is 17.5. The van der Waals surface area contributed by atoms with E-state index in [0.717, 1.165) is 0 Å². The molecule has 8 nitrogen and oxygen atoms in total. The van der Waals surface area contributed by atoms with Gasteiger partial charge in [0.15, 0.2) is 5.82 Å². The van der Waals surface area contributed by atoms with Gasteiger partial charge in [0.25, 0.3) is 0 Å². The predicted octanol–water partition coefficient (Wildman–Crippen LogP) is 2.89. The maximum atomic E-state index is 14.9. The van der Waals surface area contributed by atoms with Crippen LogP contribution in [0.1, 0.15) is 32.1 Å². The molecule has 1 aliphatic rings. The molecule has 10 heteroatoms. The molecule has 3 heterocycles. The van der Waals surface area contributed by atoms with E-state index < -0.39 is 11.9 Å². The van der Waals surface area contributed by atoms with Crippen molar-refractivity contribution in [3.8, 4) is 11.3 Å². The molecular weight excluding hydrogens is 411 g/mol. The summed E-state index contributed by atoms with van der Waals surface area (Å²) in [4.78, 5) is 13.1. The van der Waals surface area contributed by atoms with Crippen LogP contribution in [0.5, 0.6) is 0 Å². The van der Waals surface area contributed by atoms with E-state index >= 15 is 0 Å². The Hall–Kier alpha value is -2.33. The van der Waals surface area contributed by atoms with E-state index in [-0.39, 0.29) is 30.8 Å². The van der Waals surface area contributed by atoms with Crippen LogP contribution >= 0.6 is 11.6 Å². The minimum Gasteiger partial charge on any atom is -0.389 e. The number of hydrogen-bond donors (Lipinski definition) is 3. The van der Waals surface area contributed by atoms with Gasteiger partial charge in [0, 0.05) is 18.2 Å². The Morgan fingerprint density at radius 2 is 2.20 bits per heavy atom. The molecule has 0 saturated carbocycles. The lowest BCUT2D eigenvalue weighted by molar-refractivity contribution is -0.0136. The zero-order valence-electron chi connectivity index (χ0n) is 16.8. The zero-order chi connectivity index (χ0) is 21.4. The van der Waals surface area contributed by atoms with Gasteiger partial charge in [-0.25, -0.2) is 19.3 Å². The molecule has 3 aromatic rings. The van der Waals surface area contributed by atoms with Gasteiger partial charge < -0.3 is 25.5 Å². The fourth-order valence-electron chi connectivity index (χ4n) is 3.75. The summed E-state index contributed by atoms with van der Waals surface area (Å²) in [6.45, 7) is 4.98. The maximum absolute atomic E-state index is 14.9. The van der Waals surface area contributed by atoms with E-state index in [1.54, 1.807) is 0 Å². The molecule has 1 saturated heterocycles. The summed E-state index contributed by atoms with van der Waals surface area (Å²) >= 11 is 6.35. The molecule has 0 bridgehead atoms. The Balaban J connectivity index is 1.77. The smallest absolute Gasteiger partial charge is 0.223 e. The second kappa shape index (κ2) is 8.43. The minimum absolute atomic E-state index is 0.0521. The van der Waals surface area contributed by atoms with Gasteiger partial charge in [-0.1, -0.05) is 11.6 Å². The fourth-order valence-corrected chi connectivity index (χ4v) is 3.95. The molecule has 0 aliphatic carbocycles. The molecular formula is C20H24ClFN6O2. The van der Waals surface area contributed by atoms with Crippen LogP contribution in [0.25, 0.3) is 22.3 Å². The van der Waals surface area contributed by atoms with Gasteiger partial charge in [-0.15, -0.1) is 0 Å². The number of hydrogen-bond acceptors (Lipinski definition) is 7. The summed E-state index contributed by atoms with van der Waals surface area (Å²) in [6.07, 6.45) is 1.43. The summed E-state index contributed by atoms with van der Waals surface area (Å²) in [5.74, 6) is 0.446. The average Bonchev–Trinajstić information content (AvgIpc) is 3.10. The molecule has 160 valence electrons. The number of nitrogens with one attached hydrogen (secondary N) is 1. The van der Waals surface area contributed by atoms with E-state index in [1.165, 1.54) is 12.3 Å². The molecule has 0 amide bonds. The van der Waals surface area contributed by atoms with E-state index in [9.17, 15) is 9.50 Å². The third-order valence-corrected chi connectivity index (χ3v) is 5.46. The number of nitrogens with two attached hydrogens (primary N) is 1. The lowest BCUT2D eigenvalue weighted by Gasteiger charge is -2.28. The maximum Gasteiger partial charge on any atom is 0.223 e. The van der Waals surface area contributed by atoms with E-state index in [4.69, 9.17) is 22.1 Å². The summed E-state index contributed by atoms with van der Waals surface area (Å²) in [7, 11) is 0. The average molecular weight is 435 g/mol. The van der Waals surface area contributed by atoms with Crippen LogP contribution in [0.3, 0.4) is 0 Å². The van der Waals surface area contributed by atoms with Crippen LogP contribution in [0.15, 0.2) is 18.3 Å². The van der Waals surface area contributed by atoms with E-state index in [1.807, 2.05) is 24.5 Å². The minimum atomic E-state index is -0.662. The standard InChI is InChI=1S/C20H24ClFN6O2/c1-10(2)28-15-6-11(5-13(22)19(15)26-17(28)7-23)18-12(21)8-24-20(27-18)25-14-3-4-30-9-16(14)29/h5-6,8,10,14,16,29H,3-4,7,9,23H2,1-2H3,(H,24,25,27)/t14-,16-/m1/s1. The van der Waals surface area contributed by atoms with Crippen molar-refractivity contribution in [2.24, 2.45) is 5.73 Å². The first-order valence-electron chi connectivity index (χ1n) is 9.84. The van der Waals surface area contributed by atoms with Crippen molar-refractivity contribution in [2.45, 2.75) is 45.0 Å². The third-order valence-electron chi connectivity index (χ3n) is 5.18. The van der Waals surface area contributed by atoms with Gasteiger partial charge in [0.1, 0.15) is 11.3 Å². The molecule has 4 N–H and O–H groups in total. The Labute approximate surface area is 178 Å². The molecule has 2 aromatic heterocycles. The lowest BCUT2D eigenvalue weighted by atomic mass is 10.1. The first kappa shape index (κ1) is 20.9. The van der Waals surface area contributed by atoms with Gasteiger partial charge in [-0.2, -0.15) is 0 Å². The van der Waals surface area contributed by atoms with Crippen molar-refractivity contribution < 1.29 is 14.2 Å². The Morgan fingerprint density at radius 1 is 1.40 bits per heavy atom. The van der Waals surface area contributed by atoms with Crippen molar-refractivity contribution in [2.75, 3.05) is 18.5 Å². The highest BCUT2D eigenvalue weighted by Crippen LogP contribution is 2.32. The number of fused-ring (bicyclic) bond motifs is 1. The number of halogens is 2. The summed E-state index contributed by atoms with van der Waals surface area (Å²) in [6, 6.07) is 2.99. The van der Waals surface area contributed by atoms with Gasteiger partial charge in [-0.3, -0.25) is 0 Å². The van der Waals surface area contributed by atoms with Gasteiger partial charge in [0.05, 0.1) is 47.7 Å². The number of aromatic nitrogens is 4. The number of aliphatic hydroxyl groups is 1. The predicted molar refractivity (Wildman–Crippen MR) is 113 cm³/mol. The fraction of sp³-hybridized carbons (Fsp3) is 0.450. The highest BCUT2D eigenvalue weighted by atomic mass is 35.5. The van der Waals surface area contributed by atoms with Gasteiger partial charge >= 0.3 is 0 Å². The molecule has 1 fully saturated rings. The second-order valence-electron chi connectivity index (χ2n) is 7.59. The molecule has 0 spiro atoms. The molecule has 4 rings (SSSR count). The molecule has 2 atom stereocenters. The van der Waals surface area contributed by atoms with Crippen molar-refractivity contribution >= 4 is 28.6 Å². The second-order valence-corrected chi connectivity index (χ2v) is 8.00. The summed E-state index contributed by atoms with van der Waals surface area (Å²) in [5.41, 5.74) is 7.60. The summed E-state index contributed by atoms with van der Waals surface area (Å²) < 4.78 is 22.1. The Morgan fingerprint density at radius 3 is 2.90 bits per heavy atom. The van der Waals surface area contributed by atoms with Crippen LogP contribution in [0.4, 0.5) is 10.3 Å². The lowest BCUT2D eigenvalue weighted by Crippen LogP contribution is -2.42. The highest BCUT2D eigenvalue weighted by molar-refractivity contribution is 6.33. The Kier molecular flexibility index (Phi) is 5.88. The number of benzene rings is 1. The first-order chi connectivity index (χ1) is 14.4. The van der Waals surface area contributed by atoms with Crippen molar-refractivity contribution in [3.05, 3.63) is 35.0 Å². The van der Waals surface area contributed by atoms with Gasteiger partial charge in [0.2, 0.25) is 5.95 Å². The van der Waals surface area contributed by atoms with Crippen molar-refractivity contribution in [1.29, 1.82) is 0 Å². The number of anilines is 1. The van der Waals surface area contributed by atoms with Crippen LogP contribution in [0.2, 0.25) is 5.02 Å². The molecule has 1 aliphatic heterocycles. The number of rotatable bonds is 5. The SMILES string of the molecule is CC(C)n1c(CN)nc2c(F)cc(-c3nc(N[C@@H]4CCOC[C@H]4O)ncc3Cl)cc21. The highest BCUT2D eigenvalue weighted by Gasteiger charge is 2.25. The van der Waals surface area contributed by atoms with Crippen LogP contribution in [-0.4, -0.2) is 50.0 Å². The summed E-state index contributed by atoms with van der Waals surface area (Å²) in [5, 5.41) is 13.5. The van der Waals surface area contributed by atoms with Crippen molar-refractivity contribution in [1.82, 2.24) is 19.5 Å². The number of ether oxygens (including phenoxy) is 1. The number of aliphatic hydroxyl groups excluding tert-OH is 1. The van der Waals surface area contributed by atoms with Crippen LogP contribution < -0.4 is 11.1 Å². The molecule has 0 radical (unpaired) electrons. The topological polar surface area (TPSA) is 111 Å². The van der Waals surface area contributed by atoms with Gasteiger partial charge in [-0.05, 0) is 32.4 Å². The largest absolute Gasteiger partial charge is 0.389 e. The number of imidazole rings is 1. The monoisotopic (exact) mass is 434 g/mol. The normalized spacial score (nSPS) is 19.6. The molecule has 1 aromatic carbocycles. The third kappa shape index (κ3) is 3.85. The Bertz CT molecular complexity index is 1070. The van der Waals surface area contributed by atoms with Crippen LogP contribution in [-0.2, 0) is 11.3 Å². The molecule has 30 heavy (non-hydrogen) atoms. The number of nitrogens with zero attached hydrogens (tertiary/aromatic N) is 4.